The van der Waals surface area contributed by atoms with E-state index in [0.717, 1.165) is 11.3 Å². The molecule has 1 heterocycles. The smallest absolute Gasteiger partial charge is 0.488 e. The third-order valence-electron chi connectivity index (χ3n) is 4.32. The van der Waals surface area contributed by atoms with Gasteiger partial charge >= 0.3 is 6.36 Å². The minimum Gasteiger partial charge on any atom is -0.488 e. The van der Waals surface area contributed by atoms with E-state index in [0.29, 0.717) is 23.5 Å². The minimum absolute atomic E-state index is 0.00819. The topological polar surface area (TPSA) is 30.5 Å². The average molecular weight is 371 g/mol. The lowest BCUT2D eigenvalue weighted by Crippen LogP contribution is -2.24. The summed E-state index contributed by atoms with van der Waals surface area (Å²) in [5.74, 6) is 0.359. The maximum Gasteiger partial charge on any atom is 0.573 e. The number of ether oxygens (including phenoxy) is 2. The van der Waals surface area contributed by atoms with Crippen LogP contribution < -0.4 is 14.8 Å². The van der Waals surface area contributed by atoms with Crippen LogP contribution in [-0.2, 0) is 0 Å². The Balaban J connectivity index is 1.65. The number of fused-ring (bicyclic) bond motifs is 1. The molecule has 0 aromatic heterocycles. The summed E-state index contributed by atoms with van der Waals surface area (Å²) in [6.07, 6.45) is -4.73. The molecule has 0 bridgehead atoms. The molecular formula is C21H16F3NO2. The second-order valence-corrected chi connectivity index (χ2v) is 6.18. The van der Waals surface area contributed by atoms with E-state index in [1.807, 2.05) is 48.5 Å². The Kier molecular flexibility index (Phi) is 4.39. The summed E-state index contributed by atoms with van der Waals surface area (Å²) in [7, 11) is 0. The Labute approximate surface area is 154 Å². The fourth-order valence-electron chi connectivity index (χ4n) is 3.16. The molecule has 1 N–H and O–H groups in total. The lowest BCUT2D eigenvalue weighted by Gasteiger charge is -2.29. The van der Waals surface area contributed by atoms with E-state index >= 15 is 0 Å². The summed E-state index contributed by atoms with van der Waals surface area (Å²) in [4.78, 5) is 0. The van der Waals surface area contributed by atoms with Crippen LogP contribution in [0.5, 0.6) is 11.5 Å². The molecule has 0 amide bonds. The zero-order valence-electron chi connectivity index (χ0n) is 14.2. The van der Waals surface area contributed by atoms with Crippen molar-refractivity contribution in [2.24, 2.45) is 0 Å². The van der Waals surface area contributed by atoms with Crippen LogP contribution in [0.1, 0.15) is 11.6 Å². The number of anilines is 1. The van der Waals surface area contributed by atoms with Gasteiger partial charge in [0.15, 0.2) is 0 Å². The van der Waals surface area contributed by atoms with Gasteiger partial charge < -0.3 is 14.8 Å². The number of hydrogen-bond donors (Lipinski definition) is 1. The minimum atomic E-state index is -4.73. The van der Waals surface area contributed by atoms with Crippen LogP contribution in [0.4, 0.5) is 18.9 Å². The van der Waals surface area contributed by atoms with Gasteiger partial charge in [-0.15, -0.1) is 13.2 Å². The molecular weight excluding hydrogens is 355 g/mol. The van der Waals surface area contributed by atoms with Crippen LogP contribution in [0.25, 0.3) is 11.1 Å². The Morgan fingerprint density at radius 2 is 1.70 bits per heavy atom. The summed E-state index contributed by atoms with van der Waals surface area (Å²) in [5.41, 5.74) is 3.21. The summed E-state index contributed by atoms with van der Waals surface area (Å²) in [6.45, 7) is 0.423. The fraction of sp³-hybridized carbons (Fsp3) is 0.143. The predicted molar refractivity (Wildman–Crippen MR) is 96.9 cm³/mol. The highest BCUT2D eigenvalue weighted by molar-refractivity contribution is 5.79. The van der Waals surface area contributed by atoms with Gasteiger partial charge in [-0.25, -0.2) is 0 Å². The van der Waals surface area contributed by atoms with Gasteiger partial charge in [0.1, 0.15) is 18.1 Å². The molecule has 138 valence electrons. The lowest BCUT2D eigenvalue weighted by atomic mass is 10.0. The number of para-hydroxylation sites is 1. The Bertz CT molecular complexity index is 942. The van der Waals surface area contributed by atoms with E-state index in [4.69, 9.17) is 4.74 Å². The number of alkyl halides is 3. The van der Waals surface area contributed by atoms with Gasteiger partial charge in [-0.1, -0.05) is 54.6 Å². The van der Waals surface area contributed by atoms with Gasteiger partial charge in [0.2, 0.25) is 0 Å². The Morgan fingerprint density at radius 3 is 2.48 bits per heavy atom. The quantitative estimate of drug-likeness (QED) is 0.631. The maximum absolute atomic E-state index is 12.5. The average Bonchev–Trinajstić information content (AvgIpc) is 2.66. The van der Waals surface area contributed by atoms with Crippen molar-refractivity contribution in [3.8, 4) is 22.6 Å². The van der Waals surface area contributed by atoms with Crippen LogP contribution in [0, 0.1) is 0 Å². The van der Waals surface area contributed by atoms with E-state index in [1.54, 1.807) is 6.07 Å². The van der Waals surface area contributed by atoms with Crippen LogP contribution >= 0.6 is 0 Å². The molecule has 0 spiro atoms. The number of nitrogens with one attached hydrogen (secondary N) is 1. The van der Waals surface area contributed by atoms with Crippen molar-refractivity contribution in [1.29, 1.82) is 0 Å². The van der Waals surface area contributed by atoms with Gasteiger partial charge in [0, 0.05) is 5.56 Å². The van der Waals surface area contributed by atoms with Crippen molar-refractivity contribution in [3.05, 3.63) is 78.4 Å². The molecule has 1 aliphatic heterocycles. The van der Waals surface area contributed by atoms with Crippen LogP contribution in [0.3, 0.4) is 0 Å². The second kappa shape index (κ2) is 6.87. The molecule has 3 nitrogen and oxygen atoms in total. The number of halogens is 3. The first kappa shape index (κ1) is 17.3. The molecule has 0 radical (unpaired) electrons. The van der Waals surface area contributed by atoms with E-state index in [2.05, 4.69) is 10.1 Å². The van der Waals surface area contributed by atoms with Crippen molar-refractivity contribution in [2.75, 3.05) is 11.9 Å². The molecule has 0 saturated carbocycles. The molecule has 27 heavy (non-hydrogen) atoms. The lowest BCUT2D eigenvalue weighted by molar-refractivity contribution is -0.274. The number of benzene rings is 3. The molecule has 3 aromatic carbocycles. The van der Waals surface area contributed by atoms with Gasteiger partial charge in [-0.2, -0.15) is 0 Å². The summed E-state index contributed by atoms with van der Waals surface area (Å²) in [6, 6.07) is 21.4. The Morgan fingerprint density at radius 1 is 0.926 bits per heavy atom. The highest BCUT2D eigenvalue weighted by Gasteiger charge is 2.31. The maximum atomic E-state index is 12.5. The molecule has 0 aliphatic carbocycles. The third-order valence-corrected chi connectivity index (χ3v) is 4.32. The highest BCUT2D eigenvalue weighted by Crippen LogP contribution is 2.42. The first-order chi connectivity index (χ1) is 13.0. The number of hydrogen-bond acceptors (Lipinski definition) is 3. The normalized spacial score (nSPS) is 16.0. The molecule has 1 unspecified atom stereocenters. The first-order valence-corrected chi connectivity index (χ1v) is 8.43. The predicted octanol–water partition coefficient (Wildman–Crippen LogP) is 5.80. The van der Waals surface area contributed by atoms with Gasteiger partial charge in [-0.05, 0) is 29.3 Å². The second-order valence-electron chi connectivity index (χ2n) is 6.18. The van der Waals surface area contributed by atoms with E-state index in [9.17, 15) is 13.2 Å². The molecule has 4 rings (SSSR count). The monoisotopic (exact) mass is 371 g/mol. The van der Waals surface area contributed by atoms with Crippen molar-refractivity contribution in [2.45, 2.75) is 12.4 Å². The zero-order valence-corrected chi connectivity index (χ0v) is 14.2. The van der Waals surface area contributed by atoms with Crippen molar-refractivity contribution in [3.63, 3.8) is 0 Å². The largest absolute Gasteiger partial charge is 0.573 e. The number of rotatable bonds is 3. The molecule has 0 fully saturated rings. The third kappa shape index (κ3) is 3.84. The summed E-state index contributed by atoms with van der Waals surface area (Å²) < 4.78 is 47.5. The van der Waals surface area contributed by atoms with Gasteiger partial charge in [0.05, 0.1) is 11.7 Å². The fourth-order valence-corrected chi connectivity index (χ4v) is 3.16. The van der Waals surface area contributed by atoms with Crippen LogP contribution in [0.15, 0.2) is 72.8 Å². The van der Waals surface area contributed by atoms with E-state index in [1.165, 1.54) is 18.2 Å². The summed E-state index contributed by atoms with van der Waals surface area (Å²) in [5, 5.41) is 3.44. The summed E-state index contributed by atoms with van der Waals surface area (Å²) >= 11 is 0. The first-order valence-electron chi connectivity index (χ1n) is 8.43. The van der Waals surface area contributed by atoms with Crippen molar-refractivity contribution >= 4 is 5.69 Å². The molecule has 6 heteroatoms. The van der Waals surface area contributed by atoms with Crippen LogP contribution in [-0.4, -0.2) is 13.0 Å². The molecule has 0 saturated heterocycles. The Hall–Kier alpha value is -3.15. The van der Waals surface area contributed by atoms with Crippen molar-refractivity contribution < 1.29 is 22.6 Å². The molecule has 3 aromatic rings. The molecule has 1 aliphatic rings. The van der Waals surface area contributed by atoms with Gasteiger partial charge in [0.25, 0.3) is 0 Å². The van der Waals surface area contributed by atoms with Crippen molar-refractivity contribution in [1.82, 2.24) is 0 Å². The van der Waals surface area contributed by atoms with Gasteiger partial charge in [-0.3, -0.25) is 0 Å². The van der Waals surface area contributed by atoms with E-state index < -0.39 is 6.36 Å². The SMILES string of the molecule is FC(F)(F)Oc1cccc(-c2cccc3c2OCC(c2ccccc2)N3)c1. The molecule has 1 atom stereocenters. The standard InChI is InChI=1S/C21H16F3NO2/c22-21(23,24)27-16-9-4-8-15(12-16)17-10-5-11-18-20(17)26-13-19(25-18)14-6-2-1-3-7-14/h1-12,19,25H,13H2. The zero-order chi connectivity index (χ0) is 18.9. The van der Waals surface area contributed by atoms with E-state index in [-0.39, 0.29) is 11.8 Å². The van der Waals surface area contributed by atoms with Crippen LogP contribution in [0.2, 0.25) is 0 Å². The highest BCUT2D eigenvalue weighted by atomic mass is 19.4.